The molecule has 3 rings (SSSR count). The number of fused-ring (bicyclic) bond motifs is 1. The van der Waals surface area contributed by atoms with Crippen LogP contribution in [0.15, 0.2) is 15.8 Å². The number of halogens is 3. The van der Waals surface area contributed by atoms with Gasteiger partial charge in [-0.3, -0.25) is 27.9 Å². The molecule has 0 aliphatic carbocycles. The molecule has 0 aromatic carbocycles. The first-order valence-electron chi connectivity index (χ1n) is 7.19. The molecule has 13 heteroatoms. The number of hydrogen-bond donors (Lipinski definition) is 1. The van der Waals surface area contributed by atoms with Crippen LogP contribution in [0.5, 0.6) is 0 Å². The number of ether oxygens (including phenoxy) is 1. The molecule has 140 valence electrons. The number of aromatic nitrogens is 2. The van der Waals surface area contributed by atoms with E-state index in [1.165, 1.54) is 0 Å². The van der Waals surface area contributed by atoms with E-state index in [0.717, 1.165) is 0 Å². The van der Waals surface area contributed by atoms with E-state index in [1.54, 1.807) is 18.8 Å². The van der Waals surface area contributed by atoms with E-state index in [-0.39, 0.29) is 6.61 Å². The summed E-state index contributed by atoms with van der Waals surface area (Å²) in [6.07, 6.45) is -4.67. The first-order valence-corrected chi connectivity index (χ1v) is 9.03. The van der Waals surface area contributed by atoms with Crippen LogP contribution < -0.4 is 11.2 Å². The third-order valence-electron chi connectivity index (χ3n) is 3.51. The summed E-state index contributed by atoms with van der Waals surface area (Å²) in [7, 11) is -4.09. The summed E-state index contributed by atoms with van der Waals surface area (Å²) >= 11 is 5.85. The van der Waals surface area contributed by atoms with Crippen LogP contribution in [0.4, 0.5) is 8.78 Å². The monoisotopic (exact) mass is 402 g/mol. The minimum Gasteiger partial charge on any atom is -0.344 e. The van der Waals surface area contributed by atoms with Crippen LogP contribution in [0.3, 0.4) is 0 Å². The lowest BCUT2D eigenvalue weighted by molar-refractivity contribution is -0.0750. The fourth-order valence-electron chi connectivity index (χ4n) is 2.51. The highest BCUT2D eigenvalue weighted by molar-refractivity contribution is 7.48. The number of rotatable bonds is 3. The molecule has 5 unspecified atom stereocenters. The van der Waals surface area contributed by atoms with E-state index < -0.39 is 54.6 Å². The maximum absolute atomic E-state index is 15.1. The van der Waals surface area contributed by atoms with Gasteiger partial charge in [0.25, 0.3) is 10.7 Å². The maximum atomic E-state index is 15.1. The summed E-state index contributed by atoms with van der Waals surface area (Å²) in [5, 5.41) is -2.90. The topological polar surface area (TPSA) is 109 Å². The van der Waals surface area contributed by atoms with Crippen molar-refractivity contribution in [3.8, 4) is 0 Å². The van der Waals surface area contributed by atoms with Crippen LogP contribution in [0.25, 0.3) is 0 Å². The molecule has 9 nitrogen and oxygen atoms in total. The highest BCUT2D eigenvalue weighted by atomic mass is 35.5. The highest BCUT2D eigenvalue weighted by Crippen LogP contribution is 2.60. The Labute approximate surface area is 144 Å². The second kappa shape index (κ2) is 6.26. The van der Waals surface area contributed by atoms with Crippen molar-refractivity contribution in [2.45, 2.75) is 43.5 Å². The van der Waals surface area contributed by atoms with Crippen molar-refractivity contribution in [1.82, 2.24) is 9.55 Å². The van der Waals surface area contributed by atoms with E-state index in [1.807, 2.05) is 0 Å². The minimum absolute atomic E-state index is 0.385. The van der Waals surface area contributed by atoms with Crippen LogP contribution in [-0.2, 0) is 22.9 Å². The summed E-state index contributed by atoms with van der Waals surface area (Å²) in [5.74, 6) is -1.34. The normalized spacial score (nSPS) is 38.1. The number of H-pyrrole nitrogens is 1. The summed E-state index contributed by atoms with van der Waals surface area (Å²) in [4.78, 5) is 24.6. The summed E-state index contributed by atoms with van der Waals surface area (Å²) < 4.78 is 61.7. The van der Waals surface area contributed by atoms with Crippen molar-refractivity contribution >= 4 is 19.4 Å². The standard InChI is InChI=1S/C12H14ClF2N2O7P/c1-5(2)23-25(20)21-4-7-8(24-25)12(13,15)10(22-7)17-3-6(14)9(18)16-11(17)19/h3,5,7-8,10H,4H2,1-2H3,(H,16,18,19). The first kappa shape index (κ1) is 18.7. The van der Waals surface area contributed by atoms with Crippen molar-refractivity contribution in [2.24, 2.45) is 0 Å². The number of nitrogens with zero attached hydrogens (tertiary/aromatic N) is 1. The third-order valence-corrected chi connectivity index (χ3v) is 5.54. The molecule has 2 aliphatic rings. The molecule has 0 saturated carbocycles. The molecule has 1 aromatic heterocycles. The van der Waals surface area contributed by atoms with Gasteiger partial charge in [-0.05, 0) is 13.8 Å². The van der Waals surface area contributed by atoms with Gasteiger partial charge in [0.05, 0.1) is 18.9 Å². The van der Waals surface area contributed by atoms with Gasteiger partial charge in [-0.1, -0.05) is 11.6 Å². The van der Waals surface area contributed by atoms with Crippen LogP contribution in [0, 0.1) is 5.82 Å². The van der Waals surface area contributed by atoms with E-state index in [0.29, 0.717) is 10.8 Å². The van der Waals surface area contributed by atoms with E-state index in [9.17, 15) is 18.5 Å². The molecular weight excluding hydrogens is 389 g/mol. The second-order valence-corrected chi connectivity index (χ2v) is 7.92. The molecule has 0 bridgehead atoms. The average Bonchev–Trinajstić information content (AvgIpc) is 2.73. The van der Waals surface area contributed by atoms with Crippen LogP contribution >= 0.6 is 19.4 Å². The van der Waals surface area contributed by atoms with Crippen LogP contribution in [0.2, 0.25) is 0 Å². The van der Waals surface area contributed by atoms with Crippen molar-refractivity contribution in [1.29, 1.82) is 0 Å². The average molecular weight is 403 g/mol. The zero-order chi connectivity index (χ0) is 18.6. The molecule has 2 saturated heterocycles. The molecule has 25 heavy (non-hydrogen) atoms. The Morgan fingerprint density at radius 3 is 2.84 bits per heavy atom. The third kappa shape index (κ3) is 3.32. The Balaban J connectivity index is 1.94. The number of alkyl halides is 2. The van der Waals surface area contributed by atoms with Crippen molar-refractivity contribution < 1.29 is 31.7 Å². The molecule has 1 N–H and O–H groups in total. The Kier molecular flexibility index (Phi) is 4.68. The van der Waals surface area contributed by atoms with E-state index in [2.05, 4.69) is 0 Å². The molecule has 5 atom stereocenters. The van der Waals surface area contributed by atoms with Crippen LogP contribution in [0.1, 0.15) is 20.1 Å². The highest BCUT2D eigenvalue weighted by Gasteiger charge is 2.63. The maximum Gasteiger partial charge on any atom is 0.475 e. The minimum atomic E-state index is -4.09. The van der Waals surface area contributed by atoms with Gasteiger partial charge in [0, 0.05) is 0 Å². The Bertz CT molecular complexity index is 841. The number of nitrogens with one attached hydrogen (secondary N) is 1. The Hall–Kier alpha value is -1.10. The molecular formula is C12H14ClF2N2O7P. The number of aromatic amines is 1. The van der Waals surface area contributed by atoms with Crippen LogP contribution in [-0.4, -0.2) is 39.6 Å². The summed E-state index contributed by atoms with van der Waals surface area (Å²) in [6, 6.07) is 0. The van der Waals surface area contributed by atoms with E-state index in [4.69, 9.17) is 29.9 Å². The molecule has 3 heterocycles. The summed E-state index contributed by atoms with van der Waals surface area (Å²) in [6.45, 7) is 2.75. The lowest BCUT2D eigenvalue weighted by atomic mass is 10.1. The van der Waals surface area contributed by atoms with Gasteiger partial charge < -0.3 is 4.74 Å². The number of hydrogen-bond acceptors (Lipinski definition) is 7. The predicted octanol–water partition coefficient (Wildman–Crippen LogP) is 1.43. The molecule has 2 fully saturated rings. The SMILES string of the molecule is CC(C)OP1(=O)OCC2OC(n3cc(F)c(=O)[nH]c3=O)C(F)(Cl)C2O1. The predicted molar refractivity (Wildman–Crippen MR) is 79.5 cm³/mol. The zero-order valence-corrected chi connectivity index (χ0v) is 14.6. The fourth-order valence-corrected chi connectivity index (χ4v) is 4.50. The van der Waals surface area contributed by atoms with Gasteiger partial charge in [-0.15, -0.1) is 0 Å². The zero-order valence-electron chi connectivity index (χ0n) is 13.0. The quantitative estimate of drug-likeness (QED) is 0.601. The van der Waals surface area contributed by atoms with Gasteiger partial charge in [0.15, 0.2) is 12.3 Å². The number of phosphoric ester groups is 1. The Morgan fingerprint density at radius 2 is 2.20 bits per heavy atom. The van der Waals surface area contributed by atoms with Gasteiger partial charge in [0.2, 0.25) is 5.82 Å². The smallest absolute Gasteiger partial charge is 0.344 e. The molecule has 0 amide bonds. The van der Waals surface area contributed by atoms with Gasteiger partial charge in [-0.2, -0.15) is 4.39 Å². The Morgan fingerprint density at radius 1 is 1.52 bits per heavy atom. The molecule has 0 radical (unpaired) electrons. The lowest BCUT2D eigenvalue weighted by Gasteiger charge is -2.33. The van der Waals surface area contributed by atoms with Gasteiger partial charge in [-0.25, -0.2) is 13.8 Å². The lowest BCUT2D eigenvalue weighted by Crippen LogP contribution is -2.45. The second-order valence-electron chi connectivity index (χ2n) is 5.77. The van der Waals surface area contributed by atoms with Gasteiger partial charge in [0.1, 0.15) is 6.10 Å². The summed E-state index contributed by atoms with van der Waals surface area (Å²) in [5.41, 5.74) is -2.41. The van der Waals surface area contributed by atoms with Crippen molar-refractivity contribution in [3.05, 3.63) is 32.9 Å². The number of phosphoric acid groups is 1. The molecule has 2 aliphatic heterocycles. The van der Waals surface area contributed by atoms with Crippen molar-refractivity contribution in [3.63, 3.8) is 0 Å². The molecule has 1 aromatic rings. The molecule has 0 spiro atoms. The fraction of sp³-hybridized carbons (Fsp3) is 0.667. The first-order chi connectivity index (χ1) is 11.5. The van der Waals surface area contributed by atoms with E-state index >= 15 is 4.39 Å². The largest absolute Gasteiger partial charge is 0.475 e. The van der Waals surface area contributed by atoms with Crippen molar-refractivity contribution in [2.75, 3.05) is 6.61 Å². The van der Waals surface area contributed by atoms with Gasteiger partial charge >= 0.3 is 13.5 Å².